The maximum Gasteiger partial charge on any atom is 0.472 e. The van der Waals surface area contributed by atoms with Crippen molar-refractivity contribution in [1.82, 2.24) is 0 Å². The van der Waals surface area contributed by atoms with Gasteiger partial charge >= 0.3 is 39.5 Å². The van der Waals surface area contributed by atoms with Crippen molar-refractivity contribution in [2.24, 2.45) is 11.8 Å². The molecule has 6 atom stereocenters. The van der Waals surface area contributed by atoms with E-state index in [-0.39, 0.29) is 25.7 Å². The van der Waals surface area contributed by atoms with Gasteiger partial charge in [-0.2, -0.15) is 0 Å². The molecule has 0 aromatic rings. The van der Waals surface area contributed by atoms with Gasteiger partial charge in [-0.25, -0.2) is 9.13 Å². The van der Waals surface area contributed by atoms with Crippen LogP contribution in [-0.4, -0.2) is 96.7 Å². The van der Waals surface area contributed by atoms with Crippen molar-refractivity contribution < 1.29 is 80.2 Å². The summed E-state index contributed by atoms with van der Waals surface area (Å²) >= 11 is 0. The van der Waals surface area contributed by atoms with Crippen LogP contribution in [0, 0.1) is 11.8 Å². The Hall–Kier alpha value is -1.94. The zero-order chi connectivity index (χ0) is 67.2. The van der Waals surface area contributed by atoms with Crippen molar-refractivity contribution in [2.45, 2.75) is 387 Å². The number of carbonyl (C=O) groups excluding carboxylic acids is 4. The summed E-state index contributed by atoms with van der Waals surface area (Å²) < 4.78 is 68.2. The molecule has 3 N–H and O–H groups in total. The Labute approximate surface area is 556 Å². The average Bonchev–Trinajstić information content (AvgIpc) is 2.43. The minimum Gasteiger partial charge on any atom is -0.462 e. The molecule has 0 bridgehead atoms. The molecule has 0 radical (unpaired) electrons. The van der Waals surface area contributed by atoms with Crippen molar-refractivity contribution in [1.29, 1.82) is 0 Å². The van der Waals surface area contributed by atoms with Crippen LogP contribution in [0.25, 0.3) is 0 Å². The second-order valence-corrected chi connectivity index (χ2v) is 29.6. The highest BCUT2D eigenvalue weighted by atomic mass is 31.2. The van der Waals surface area contributed by atoms with E-state index in [1.165, 1.54) is 173 Å². The summed E-state index contributed by atoms with van der Waals surface area (Å²) in [4.78, 5) is 72.4. The van der Waals surface area contributed by atoms with Crippen LogP contribution in [0.4, 0.5) is 0 Å². The van der Waals surface area contributed by atoms with Gasteiger partial charge in [-0.3, -0.25) is 37.3 Å². The van der Waals surface area contributed by atoms with Gasteiger partial charge in [0.25, 0.3) is 0 Å². The Morgan fingerprint density at radius 2 is 0.560 bits per heavy atom. The molecule has 0 aromatic heterocycles. The van der Waals surface area contributed by atoms with Crippen molar-refractivity contribution in [2.75, 3.05) is 39.6 Å². The molecule has 0 aromatic carbocycles. The van der Waals surface area contributed by atoms with Crippen molar-refractivity contribution >= 4 is 39.5 Å². The molecule has 0 aliphatic carbocycles. The Balaban J connectivity index is 5.18. The number of aliphatic hydroxyl groups excluding tert-OH is 1. The van der Waals surface area contributed by atoms with Gasteiger partial charge in [0.1, 0.15) is 19.3 Å². The summed E-state index contributed by atoms with van der Waals surface area (Å²) in [7, 11) is -9.89. The monoisotopic (exact) mass is 1340 g/mol. The molecule has 0 rings (SSSR count). The highest BCUT2D eigenvalue weighted by molar-refractivity contribution is 7.47. The van der Waals surface area contributed by atoms with E-state index in [2.05, 4.69) is 41.5 Å². The number of hydrogen-bond acceptors (Lipinski definition) is 15. The van der Waals surface area contributed by atoms with E-state index in [4.69, 9.17) is 37.0 Å². The van der Waals surface area contributed by atoms with Crippen LogP contribution in [0.5, 0.6) is 0 Å². The topological polar surface area (TPSA) is 237 Å². The van der Waals surface area contributed by atoms with Crippen LogP contribution in [0.3, 0.4) is 0 Å². The van der Waals surface area contributed by atoms with E-state index in [0.29, 0.717) is 25.7 Å². The van der Waals surface area contributed by atoms with Crippen LogP contribution in [0.2, 0.25) is 0 Å². The number of esters is 4. The van der Waals surface area contributed by atoms with Gasteiger partial charge in [0.2, 0.25) is 0 Å². The van der Waals surface area contributed by atoms with Crippen LogP contribution >= 0.6 is 15.6 Å². The third-order valence-corrected chi connectivity index (χ3v) is 19.0. The number of phosphoric acid groups is 2. The van der Waals surface area contributed by atoms with Crippen molar-refractivity contribution in [3.63, 3.8) is 0 Å². The molecule has 0 aliphatic heterocycles. The summed E-state index contributed by atoms with van der Waals surface area (Å²) in [6.45, 7) is 9.58. The van der Waals surface area contributed by atoms with E-state index in [0.717, 1.165) is 115 Å². The van der Waals surface area contributed by atoms with E-state index in [9.17, 15) is 43.2 Å². The first kappa shape index (κ1) is 89.1. The smallest absolute Gasteiger partial charge is 0.462 e. The molecular weight excluding hydrogens is 1200 g/mol. The molecule has 17 nitrogen and oxygen atoms in total. The summed E-state index contributed by atoms with van der Waals surface area (Å²) in [6, 6.07) is 0. The first-order valence-electron chi connectivity index (χ1n) is 37.5. The maximum atomic E-state index is 13.0. The van der Waals surface area contributed by atoms with Gasteiger partial charge in [0.05, 0.1) is 26.4 Å². The van der Waals surface area contributed by atoms with Crippen LogP contribution in [-0.2, 0) is 65.4 Å². The molecule has 3 unspecified atom stereocenters. The fourth-order valence-electron chi connectivity index (χ4n) is 10.9. The lowest BCUT2D eigenvalue weighted by Gasteiger charge is -2.21. The number of hydrogen-bond donors (Lipinski definition) is 3. The number of rotatable bonds is 71. The zero-order valence-corrected chi connectivity index (χ0v) is 60.9. The Kier molecular flexibility index (Phi) is 62.7. The molecule has 0 amide bonds. The molecule has 0 spiro atoms. The number of ether oxygens (including phenoxy) is 4. The first-order chi connectivity index (χ1) is 43.9. The molecular formula is C72H140O17P2. The summed E-state index contributed by atoms with van der Waals surface area (Å²) in [5.74, 6) is -0.482. The lowest BCUT2D eigenvalue weighted by molar-refractivity contribution is -0.161. The predicted octanol–water partition coefficient (Wildman–Crippen LogP) is 20.8. The van der Waals surface area contributed by atoms with Crippen LogP contribution in [0.15, 0.2) is 0 Å². The minimum atomic E-state index is -4.95. The predicted molar refractivity (Wildman–Crippen MR) is 368 cm³/mol. The molecule has 0 saturated carbocycles. The molecule has 91 heavy (non-hydrogen) atoms. The van der Waals surface area contributed by atoms with Gasteiger partial charge in [-0.1, -0.05) is 318 Å². The lowest BCUT2D eigenvalue weighted by atomic mass is 9.99. The molecule has 540 valence electrons. The van der Waals surface area contributed by atoms with Gasteiger partial charge < -0.3 is 33.8 Å². The summed E-state index contributed by atoms with van der Waals surface area (Å²) in [6.07, 6.45) is 50.1. The normalized spacial score (nSPS) is 14.4. The quantitative estimate of drug-likeness (QED) is 0.0222. The lowest BCUT2D eigenvalue weighted by Crippen LogP contribution is -2.30. The van der Waals surface area contributed by atoms with Gasteiger partial charge in [0.15, 0.2) is 12.2 Å². The van der Waals surface area contributed by atoms with Gasteiger partial charge in [0, 0.05) is 25.7 Å². The standard InChI is InChI=1S/C72H140O17P2/c1-7-10-12-14-16-29-38-44-50-56-71(76)88-67(60-82-69(74)54-48-42-34-15-13-11-8-2)62-86-90(78,79)84-58-66(73)59-85-91(80,81)87-63-68(61-83-70(75)55-49-43-37-32-27-23-19-17-21-25-30-35-40-46-52-64(4)5)89-72(77)57-51-45-39-33-28-24-20-18-22-26-31-36-41-47-53-65(6)9-3/h64-68,73H,7-63H2,1-6H3,(H,78,79)(H,80,81)/t65?,66-,67+,68+/m0/s1. The number of carbonyl (C=O) groups is 4. The van der Waals surface area contributed by atoms with E-state index in [1.54, 1.807) is 0 Å². The molecule has 0 heterocycles. The first-order valence-corrected chi connectivity index (χ1v) is 40.5. The maximum absolute atomic E-state index is 13.0. The summed E-state index contributed by atoms with van der Waals surface area (Å²) in [5.41, 5.74) is 0. The SMILES string of the molecule is CCCCCCCCCCCC(=O)O[C@H](COC(=O)CCCCCCCCC)COP(=O)(O)OC[C@H](O)COP(=O)(O)OC[C@@H](COC(=O)CCCCCCCCCCCCCCCCC(C)C)OC(=O)CCCCCCCCCCCCCCCCC(C)CC. The largest absolute Gasteiger partial charge is 0.472 e. The van der Waals surface area contributed by atoms with E-state index in [1.807, 2.05) is 0 Å². The fraction of sp³-hybridized carbons (Fsp3) is 0.944. The zero-order valence-electron chi connectivity index (χ0n) is 59.1. The number of aliphatic hydroxyl groups is 1. The fourth-order valence-corrected chi connectivity index (χ4v) is 12.5. The Morgan fingerprint density at radius 1 is 0.319 bits per heavy atom. The van der Waals surface area contributed by atoms with Crippen molar-refractivity contribution in [3.8, 4) is 0 Å². The van der Waals surface area contributed by atoms with E-state index >= 15 is 0 Å². The molecule has 19 heteroatoms. The second kappa shape index (κ2) is 64.1. The molecule has 0 saturated heterocycles. The van der Waals surface area contributed by atoms with Crippen LogP contribution in [0.1, 0.15) is 369 Å². The van der Waals surface area contributed by atoms with Gasteiger partial charge in [-0.15, -0.1) is 0 Å². The van der Waals surface area contributed by atoms with Gasteiger partial charge in [-0.05, 0) is 37.5 Å². The Bertz CT molecular complexity index is 1770. The average molecular weight is 1340 g/mol. The van der Waals surface area contributed by atoms with Crippen LogP contribution < -0.4 is 0 Å². The highest BCUT2D eigenvalue weighted by Crippen LogP contribution is 2.45. The minimum absolute atomic E-state index is 0.105. The molecule has 0 fully saturated rings. The third-order valence-electron chi connectivity index (χ3n) is 17.1. The molecule has 0 aliphatic rings. The number of unbranched alkanes of at least 4 members (excludes halogenated alkanes) is 40. The Morgan fingerprint density at radius 3 is 0.835 bits per heavy atom. The van der Waals surface area contributed by atoms with E-state index < -0.39 is 97.5 Å². The summed E-state index contributed by atoms with van der Waals surface area (Å²) in [5, 5.41) is 10.6. The highest BCUT2D eigenvalue weighted by Gasteiger charge is 2.30. The second-order valence-electron chi connectivity index (χ2n) is 26.7. The number of phosphoric ester groups is 2. The third kappa shape index (κ3) is 65.1. The van der Waals surface area contributed by atoms with Crippen molar-refractivity contribution in [3.05, 3.63) is 0 Å².